The molecule has 19 heavy (non-hydrogen) atoms. The Morgan fingerprint density at radius 2 is 2.37 bits per heavy atom. The molecule has 3 nitrogen and oxygen atoms in total. The zero-order valence-electron chi connectivity index (χ0n) is 10.9. The molecule has 1 aromatic carbocycles. The zero-order chi connectivity index (χ0) is 13.8. The highest BCUT2D eigenvalue weighted by Crippen LogP contribution is 2.26. The Morgan fingerprint density at radius 3 is 3.05 bits per heavy atom. The maximum atomic E-state index is 12.2. The van der Waals surface area contributed by atoms with Gasteiger partial charge in [-0.15, -0.1) is 0 Å². The molecule has 1 aliphatic rings. The van der Waals surface area contributed by atoms with Gasteiger partial charge < -0.3 is 10.6 Å². The molecule has 0 aromatic heterocycles. The van der Waals surface area contributed by atoms with Crippen molar-refractivity contribution in [1.82, 2.24) is 10.6 Å². The maximum Gasteiger partial charge on any atom is 0.253 e. The van der Waals surface area contributed by atoms with E-state index in [1.54, 1.807) is 6.07 Å². The Bertz CT molecular complexity index is 461. The van der Waals surface area contributed by atoms with E-state index in [1.165, 1.54) is 6.42 Å². The second-order valence-corrected chi connectivity index (χ2v) is 6.20. The summed E-state index contributed by atoms with van der Waals surface area (Å²) in [4.78, 5) is 12.2. The number of rotatable bonds is 3. The summed E-state index contributed by atoms with van der Waals surface area (Å²) in [6.45, 7) is 4.10. The van der Waals surface area contributed by atoms with Crippen LogP contribution >= 0.6 is 27.5 Å². The van der Waals surface area contributed by atoms with Crippen LogP contribution in [-0.2, 0) is 0 Å². The van der Waals surface area contributed by atoms with E-state index in [2.05, 4.69) is 33.5 Å². The molecule has 2 atom stereocenters. The Hall–Kier alpha value is -0.580. The van der Waals surface area contributed by atoms with Crippen LogP contribution in [0, 0.1) is 5.92 Å². The van der Waals surface area contributed by atoms with Crippen LogP contribution < -0.4 is 10.6 Å². The minimum Gasteiger partial charge on any atom is -0.349 e. The first-order chi connectivity index (χ1) is 9.09. The molecule has 0 radical (unpaired) electrons. The van der Waals surface area contributed by atoms with E-state index in [0.29, 0.717) is 16.5 Å². The summed E-state index contributed by atoms with van der Waals surface area (Å²) in [5, 5.41) is 6.88. The number of hydrogen-bond acceptors (Lipinski definition) is 2. The molecule has 1 heterocycles. The van der Waals surface area contributed by atoms with Crippen molar-refractivity contribution in [3.05, 3.63) is 33.3 Å². The van der Waals surface area contributed by atoms with Crippen molar-refractivity contribution < 1.29 is 4.79 Å². The quantitative estimate of drug-likeness (QED) is 0.883. The lowest BCUT2D eigenvalue weighted by atomic mass is 9.92. The van der Waals surface area contributed by atoms with Crippen LogP contribution in [0.1, 0.15) is 30.1 Å². The lowest BCUT2D eigenvalue weighted by molar-refractivity contribution is 0.0922. The van der Waals surface area contributed by atoms with Gasteiger partial charge in [0.25, 0.3) is 5.91 Å². The third-order valence-electron chi connectivity index (χ3n) is 3.60. The van der Waals surface area contributed by atoms with Crippen molar-refractivity contribution >= 4 is 33.4 Å². The topological polar surface area (TPSA) is 41.1 Å². The first-order valence-electron chi connectivity index (χ1n) is 6.55. The normalized spacial score (nSPS) is 20.9. The molecule has 2 rings (SSSR count). The molecule has 0 saturated carbocycles. The molecule has 0 spiro atoms. The molecular weight excluding hydrogens is 328 g/mol. The highest BCUT2D eigenvalue weighted by atomic mass is 79.9. The SMILES string of the molecule is CC(NC(=O)c1cccc(Br)c1Cl)C1CCCNC1. The van der Waals surface area contributed by atoms with Crippen LogP contribution in [0.15, 0.2) is 22.7 Å². The standard InChI is InChI=1S/C14H18BrClN2O/c1-9(10-4-3-7-17-8-10)18-14(19)11-5-2-6-12(15)13(11)16/h2,5-6,9-10,17H,3-4,7-8H2,1H3,(H,18,19). The monoisotopic (exact) mass is 344 g/mol. The third-order valence-corrected chi connectivity index (χ3v) is 4.89. The fourth-order valence-electron chi connectivity index (χ4n) is 2.39. The van der Waals surface area contributed by atoms with Gasteiger partial charge in [-0.2, -0.15) is 0 Å². The predicted octanol–water partition coefficient (Wildman–Crippen LogP) is 3.22. The van der Waals surface area contributed by atoms with E-state index in [0.717, 1.165) is 24.0 Å². The van der Waals surface area contributed by atoms with Gasteiger partial charge in [0.15, 0.2) is 0 Å². The van der Waals surface area contributed by atoms with Crippen molar-refractivity contribution in [2.75, 3.05) is 13.1 Å². The maximum absolute atomic E-state index is 12.2. The smallest absolute Gasteiger partial charge is 0.253 e. The molecule has 2 N–H and O–H groups in total. The number of halogens is 2. The van der Waals surface area contributed by atoms with Crippen LogP contribution in [0.5, 0.6) is 0 Å². The van der Waals surface area contributed by atoms with E-state index in [9.17, 15) is 4.79 Å². The number of amides is 1. The van der Waals surface area contributed by atoms with Crippen molar-refractivity contribution in [2.24, 2.45) is 5.92 Å². The molecule has 5 heteroatoms. The zero-order valence-corrected chi connectivity index (χ0v) is 13.2. The Kier molecular flexibility index (Phi) is 5.25. The molecule has 1 fully saturated rings. The summed E-state index contributed by atoms with van der Waals surface area (Å²) in [7, 11) is 0. The van der Waals surface area contributed by atoms with Crippen LogP contribution in [0.3, 0.4) is 0 Å². The van der Waals surface area contributed by atoms with Gasteiger partial charge in [-0.05, 0) is 66.8 Å². The lowest BCUT2D eigenvalue weighted by Gasteiger charge is -2.29. The fraction of sp³-hybridized carbons (Fsp3) is 0.500. The number of hydrogen-bond donors (Lipinski definition) is 2. The number of nitrogens with one attached hydrogen (secondary N) is 2. The van der Waals surface area contributed by atoms with Crippen LogP contribution in [0.25, 0.3) is 0 Å². The van der Waals surface area contributed by atoms with Gasteiger partial charge in [0.05, 0.1) is 10.6 Å². The number of benzene rings is 1. The number of piperidine rings is 1. The number of carbonyl (C=O) groups excluding carboxylic acids is 1. The first kappa shape index (κ1) is 14.8. The Labute approximate surface area is 127 Å². The van der Waals surface area contributed by atoms with Gasteiger partial charge in [-0.3, -0.25) is 4.79 Å². The van der Waals surface area contributed by atoms with Crippen molar-refractivity contribution in [2.45, 2.75) is 25.8 Å². The average Bonchev–Trinajstić information content (AvgIpc) is 2.42. The largest absolute Gasteiger partial charge is 0.349 e. The third kappa shape index (κ3) is 3.71. The van der Waals surface area contributed by atoms with Crippen molar-refractivity contribution in [3.8, 4) is 0 Å². The molecule has 104 valence electrons. The second kappa shape index (κ2) is 6.73. The first-order valence-corrected chi connectivity index (χ1v) is 7.72. The molecule has 0 bridgehead atoms. The van der Waals surface area contributed by atoms with E-state index < -0.39 is 0 Å². The molecule has 1 amide bonds. The molecule has 1 aliphatic heterocycles. The van der Waals surface area contributed by atoms with Crippen LogP contribution in [0.4, 0.5) is 0 Å². The van der Waals surface area contributed by atoms with Gasteiger partial charge in [0.1, 0.15) is 0 Å². The van der Waals surface area contributed by atoms with Crippen molar-refractivity contribution in [3.63, 3.8) is 0 Å². The van der Waals surface area contributed by atoms with Gasteiger partial charge in [0.2, 0.25) is 0 Å². The Morgan fingerprint density at radius 1 is 1.58 bits per heavy atom. The van der Waals surface area contributed by atoms with Crippen LogP contribution in [0.2, 0.25) is 5.02 Å². The summed E-state index contributed by atoms with van der Waals surface area (Å²) < 4.78 is 0.744. The second-order valence-electron chi connectivity index (χ2n) is 4.97. The highest BCUT2D eigenvalue weighted by molar-refractivity contribution is 9.10. The predicted molar refractivity (Wildman–Crippen MR) is 81.7 cm³/mol. The lowest BCUT2D eigenvalue weighted by Crippen LogP contribution is -2.44. The van der Waals surface area contributed by atoms with Gasteiger partial charge >= 0.3 is 0 Å². The minimum absolute atomic E-state index is 0.107. The fourth-order valence-corrected chi connectivity index (χ4v) is 2.97. The molecule has 0 aliphatic carbocycles. The van der Waals surface area contributed by atoms with E-state index in [4.69, 9.17) is 11.6 Å². The summed E-state index contributed by atoms with van der Waals surface area (Å²) in [5.41, 5.74) is 0.520. The van der Waals surface area contributed by atoms with Gasteiger partial charge in [-0.25, -0.2) is 0 Å². The van der Waals surface area contributed by atoms with E-state index in [1.807, 2.05) is 12.1 Å². The highest BCUT2D eigenvalue weighted by Gasteiger charge is 2.22. The van der Waals surface area contributed by atoms with Gasteiger partial charge in [-0.1, -0.05) is 17.7 Å². The van der Waals surface area contributed by atoms with Gasteiger partial charge in [0, 0.05) is 10.5 Å². The minimum atomic E-state index is -0.107. The summed E-state index contributed by atoms with van der Waals surface area (Å²) in [5.74, 6) is 0.382. The molecule has 1 saturated heterocycles. The van der Waals surface area contributed by atoms with E-state index >= 15 is 0 Å². The van der Waals surface area contributed by atoms with Crippen LogP contribution in [-0.4, -0.2) is 25.0 Å². The summed E-state index contributed by atoms with van der Waals surface area (Å²) >= 11 is 9.47. The summed E-state index contributed by atoms with van der Waals surface area (Å²) in [6.07, 6.45) is 2.32. The summed E-state index contributed by atoms with van der Waals surface area (Å²) in [6, 6.07) is 5.54. The number of carbonyl (C=O) groups is 1. The van der Waals surface area contributed by atoms with E-state index in [-0.39, 0.29) is 11.9 Å². The Balaban J connectivity index is 2.02. The van der Waals surface area contributed by atoms with Crippen molar-refractivity contribution in [1.29, 1.82) is 0 Å². The molecule has 1 aromatic rings. The molecule has 2 unspecified atom stereocenters. The average molecular weight is 346 g/mol. The molecular formula is C14H18BrClN2O.